The van der Waals surface area contributed by atoms with Crippen LogP contribution >= 0.6 is 0 Å². The summed E-state index contributed by atoms with van der Waals surface area (Å²) in [5.41, 5.74) is 0. The Labute approximate surface area is 72.5 Å². The lowest BCUT2D eigenvalue weighted by Gasteiger charge is -2.21. The number of halogens is 2. The first-order valence-electron chi connectivity index (χ1n) is 4.64. The van der Waals surface area contributed by atoms with Crippen LogP contribution in [0.15, 0.2) is 0 Å². The van der Waals surface area contributed by atoms with Crippen LogP contribution in [-0.4, -0.2) is 19.0 Å². The number of hydrogen-bond donors (Lipinski definition) is 1. The molecule has 1 N–H and O–H groups in total. The van der Waals surface area contributed by atoms with E-state index in [4.69, 9.17) is 0 Å². The first-order valence-corrected chi connectivity index (χ1v) is 4.64. The molecule has 1 saturated carbocycles. The smallest absolute Gasteiger partial charge is 0.248 e. The van der Waals surface area contributed by atoms with Gasteiger partial charge in [-0.15, -0.1) is 0 Å². The molecule has 0 bridgehead atoms. The van der Waals surface area contributed by atoms with Gasteiger partial charge in [-0.1, -0.05) is 6.92 Å². The standard InChI is InChI=1S/C9H17F2N/c1-3-8(12-2)7-4-5-9(10,11)6-7/h7-8,12H,3-6H2,1-2H3. The van der Waals surface area contributed by atoms with Crippen molar-refractivity contribution in [2.75, 3.05) is 7.05 Å². The van der Waals surface area contributed by atoms with E-state index in [0.29, 0.717) is 6.42 Å². The SMILES string of the molecule is CCC(NC)C1CCC(F)(F)C1. The second-order valence-corrected chi connectivity index (χ2v) is 3.66. The molecular formula is C9H17F2N. The molecule has 3 heteroatoms. The van der Waals surface area contributed by atoms with Crippen LogP contribution in [0.1, 0.15) is 32.6 Å². The van der Waals surface area contributed by atoms with E-state index in [1.54, 1.807) is 0 Å². The van der Waals surface area contributed by atoms with E-state index in [9.17, 15) is 8.78 Å². The third kappa shape index (κ3) is 2.16. The van der Waals surface area contributed by atoms with Gasteiger partial charge in [-0.2, -0.15) is 0 Å². The third-order valence-corrected chi connectivity index (χ3v) is 2.82. The molecule has 0 heterocycles. The minimum absolute atomic E-state index is 0.0757. The molecule has 1 fully saturated rings. The number of nitrogens with one attached hydrogen (secondary N) is 1. The summed E-state index contributed by atoms with van der Waals surface area (Å²) in [6.45, 7) is 2.04. The predicted molar refractivity (Wildman–Crippen MR) is 45.4 cm³/mol. The van der Waals surface area contributed by atoms with E-state index in [1.165, 1.54) is 0 Å². The van der Waals surface area contributed by atoms with Crippen LogP contribution in [0.3, 0.4) is 0 Å². The lowest BCUT2D eigenvalue weighted by molar-refractivity contribution is 0.00338. The highest BCUT2D eigenvalue weighted by Gasteiger charge is 2.41. The second kappa shape index (κ2) is 3.69. The molecular weight excluding hydrogens is 160 g/mol. The first kappa shape index (κ1) is 9.90. The molecule has 2 unspecified atom stereocenters. The zero-order valence-electron chi connectivity index (χ0n) is 7.74. The largest absolute Gasteiger partial charge is 0.317 e. The van der Waals surface area contributed by atoms with Crippen molar-refractivity contribution in [3.8, 4) is 0 Å². The molecule has 12 heavy (non-hydrogen) atoms. The van der Waals surface area contributed by atoms with Crippen LogP contribution in [0.4, 0.5) is 8.78 Å². The van der Waals surface area contributed by atoms with Crippen molar-refractivity contribution in [3.05, 3.63) is 0 Å². The molecule has 2 atom stereocenters. The van der Waals surface area contributed by atoms with E-state index in [-0.39, 0.29) is 24.8 Å². The molecule has 1 aliphatic carbocycles. The van der Waals surface area contributed by atoms with Gasteiger partial charge in [-0.3, -0.25) is 0 Å². The van der Waals surface area contributed by atoms with E-state index in [1.807, 2.05) is 14.0 Å². The van der Waals surface area contributed by atoms with Crippen molar-refractivity contribution < 1.29 is 8.78 Å². The molecule has 0 aromatic carbocycles. The van der Waals surface area contributed by atoms with Gasteiger partial charge in [0.15, 0.2) is 0 Å². The average molecular weight is 177 g/mol. The zero-order chi connectivity index (χ0) is 9.19. The lowest BCUT2D eigenvalue weighted by Crippen LogP contribution is -2.32. The van der Waals surface area contributed by atoms with Crippen LogP contribution in [0.5, 0.6) is 0 Å². The molecule has 0 radical (unpaired) electrons. The van der Waals surface area contributed by atoms with Gasteiger partial charge in [0.1, 0.15) is 0 Å². The van der Waals surface area contributed by atoms with Gasteiger partial charge in [-0.25, -0.2) is 8.78 Å². The van der Waals surface area contributed by atoms with Crippen LogP contribution in [0.25, 0.3) is 0 Å². The lowest BCUT2D eigenvalue weighted by atomic mass is 9.96. The predicted octanol–water partition coefficient (Wildman–Crippen LogP) is 2.42. The summed E-state index contributed by atoms with van der Waals surface area (Å²) in [5, 5.41) is 3.10. The molecule has 0 spiro atoms. The van der Waals surface area contributed by atoms with Gasteiger partial charge in [0.2, 0.25) is 5.92 Å². The van der Waals surface area contributed by atoms with E-state index >= 15 is 0 Å². The number of alkyl halides is 2. The van der Waals surface area contributed by atoms with Crippen molar-refractivity contribution in [1.82, 2.24) is 5.32 Å². The fraction of sp³-hybridized carbons (Fsp3) is 1.00. The quantitative estimate of drug-likeness (QED) is 0.698. The molecule has 72 valence electrons. The van der Waals surface area contributed by atoms with Crippen LogP contribution in [0, 0.1) is 5.92 Å². The van der Waals surface area contributed by atoms with Gasteiger partial charge in [0, 0.05) is 18.9 Å². The van der Waals surface area contributed by atoms with Gasteiger partial charge >= 0.3 is 0 Å². The highest BCUT2D eigenvalue weighted by molar-refractivity contribution is 4.87. The number of rotatable bonds is 3. The summed E-state index contributed by atoms with van der Waals surface area (Å²) < 4.78 is 25.6. The number of hydrogen-bond acceptors (Lipinski definition) is 1. The summed E-state index contributed by atoms with van der Waals surface area (Å²) >= 11 is 0. The molecule has 0 aromatic rings. The Morgan fingerprint density at radius 2 is 2.25 bits per heavy atom. The van der Waals surface area contributed by atoms with Crippen molar-refractivity contribution in [3.63, 3.8) is 0 Å². The Morgan fingerprint density at radius 3 is 2.58 bits per heavy atom. The van der Waals surface area contributed by atoms with Crippen LogP contribution in [-0.2, 0) is 0 Å². The van der Waals surface area contributed by atoms with E-state index in [0.717, 1.165) is 6.42 Å². The maximum atomic E-state index is 12.8. The Balaban J connectivity index is 2.45. The monoisotopic (exact) mass is 177 g/mol. The van der Waals surface area contributed by atoms with Crippen molar-refractivity contribution in [1.29, 1.82) is 0 Å². The van der Waals surface area contributed by atoms with Gasteiger partial charge in [0.25, 0.3) is 0 Å². The molecule has 0 aromatic heterocycles. The first-order chi connectivity index (χ1) is 5.59. The highest BCUT2D eigenvalue weighted by atomic mass is 19.3. The van der Waals surface area contributed by atoms with Crippen molar-refractivity contribution in [2.24, 2.45) is 5.92 Å². The second-order valence-electron chi connectivity index (χ2n) is 3.66. The van der Waals surface area contributed by atoms with E-state index < -0.39 is 5.92 Å². The molecule has 0 amide bonds. The van der Waals surface area contributed by atoms with Crippen molar-refractivity contribution in [2.45, 2.75) is 44.6 Å². The van der Waals surface area contributed by atoms with Gasteiger partial charge in [0.05, 0.1) is 0 Å². The van der Waals surface area contributed by atoms with Crippen LogP contribution in [0.2, 0.25) is 0 Å². The summed E-state index contributed by atoms with van der Waals surface area (Å²) in [5.74, 6) is -2.22. The summed E-state index contributed by atoms with van der Waals surface area (Å²) in [4.78, 5) is 0. The Bertz CT molecular complexity index is 143. The summed E-state index contributed by atoms with van der Waals surface area (Å²) in [6.07, 6.45) is 1.77. The van der Waals surface area contributed by atoms with Crippen molar-refractivity contribution >= 4 is 0 Å². The molecule has 0 aliphatic heterocycles. The highest BCUT2D eigenvalue weighted by Crippen LogP contribution is 2.40. The summed E-state index contributed by atoms with van der Waals surface area (Å²) in [6, 6.07) is 0.276. The Hall–Kier alpha value is -0.180. The van der Waals surface area contributed by atoms with Crippen LogP contribution < -0.4 is 5.32 Å². The maximum Gasteiger partial charge on any atom is 0.248 e. The van der Waals surface area contributed by atoms with Gasteiger partial charge < -0.3 is 5.32 Å². The zero-order valence-corrected chi connectivity index (χ0v) is 7.74. The maximum absolute atomic E-state index is 12.8. The molecule has 1 aliphatic rings. The fourth-order valence-corrected chi connectivity index (χ4v) is 2.10. The minimum atomic E-state index is -2.39. The average Bonchev–Trinajstić information content (AvgIpc) is 2.34. The van der Waals surface area contributed by atoms with Gasteiger partial charge in [-0.05, 0) is 25.8 Å². The Kier molecular flexibility index (Phi) is 3.04. The summed E-state index contributed by atoms with van der Waals surface area (Å²) in [7, 11) is 1.85. The molecule has 1 nitrogen and oxygen atoms in total. The topological polar surface area (TPSA) is 12.0 Å². The van der Waals surface area contributed by atoms with E-state index in [2.05, 4.69) is 5.32 Å². The fourth-order valence-electron chi connectivity index (χ4n) is 2.10. The molecule has 1 rings (SSSR count). The Morgan fingerprint density at radius 1 is 1.58 bits per heavy atom. The normalized spacial score (nSPS) is 30.5. The third-order valence-electron chi connectivity index (χ3n) is 2.82. The molecule has 0 saturated heterocycles. The minimum Gasteiger partial charge on any atom is -0.317 e.